The summed E-state index contributed by atoms with van der Waals surface area (Å²) in [5.74, 6) is 0.451. The zero-order valence-corrected chi connectivity index (χ0v) is 19.5. The Kier molecular flexibility index (Phi) is 7.60. The van der Waals surface area contributed by atoms with Crippen molar-refractivity contribution in [3.8, 4) is 5.75 Å². The zero-order valence-electron chi connectivity index (χ0n) is 15.2. The number of piperidine rings is 1. The molecule has 2 aromatic rings. The molecule has 2 aromatic carbocycles. The second-order valence-electron chi connectivity index (χ2n) is 6.95. The Labute approximate surface area is 184 Å². The summed E-state index contributed by atoms with van der Waals surface area (Å²) in [7, 11) is 0. The number of halogens is 2. The molecule has 0 amide bonds. The number of hydrogen-bond donors (Lipinski definition) is 1. The monoisotopic (exact) mass is 576 g/mol. The van der Waals surface area contributed by atoms with Gasteiger partial charge in [-0.05, 0) is 95.4 Å². The molecule has 26 heavy (non-hydrogen) atoms. The molecule has 3 rings (SSSR count). The molecule has 140 valence electrons. The molecule has 0 unspecified atom stereocenters. The van der Waals surface area contributed by atoms with Gasteiger partial charge in [0.05, 0.1) is 3.57 Å². The van der Waals surface area contributed by atoms with Crippen molar-refractivity contribution in [1.29, 1.82) is 0 Å². The molecular weight excluding hydrogens is 550 g/mol. The van der Waals surface area contributed by atoms with E-state index in [1.165, 1.54) is 22.0 Å². The van der Waals surface area contributed by atoms with Gasteiger partial charge in [0.25, 0.3) is 0 Å². The van der Waals surface area contributed by atoms with Crippen LogP contribution in [0.4, 0.5) is 0 Å². The van der Waals surface area contributed by atoms with Crippen LogP contribution in [0.15, 0.2) is 42.5 Å². The van der Waals surface area contributed by atoms with E-state index < -0.39 is 0 Å². The van der Waals surface area contributed by atoms with E-state index in [0.29, 0.717) is 11.8 Å². The van der Waals surface area contributed by atoms with Gasteiger partial charge in [-0.1, -0.05) is 37.3 Å². The van der Waals surface area contributed by atoms with Gasteiger partial charge in [0.2, 0.25) is 0 Å². The summed E-state index contributed by atoms with van der Waals surface area (Å²) in [6.07, 6.45) is 2.39. The Morgan fingerprint density at radius 3 is 2.46 bits per heavy atom. The maximum atomic E-state index is 10.3. The Morgan fingerprint density at radius 1 is 1.12 bits per heavy atom. The summed E-state index contributed by atoms with van der Waals surface area (Å²) in [4.78, 5) is 5.09. The smallest absolute Gasteiger partial charge is 0.133 e. The molecule has 1 aliphatic rings. The van der Waals surface area contributed by atoms with Gasteiger partial charge >= 0.3 is 0 Å². The van der Waals surface area contributed by atoms with E-state index in [9.17, 15) is 5.11 Å². The van der Waals surface area contributed by atoms with Gasteiger partial charge in [-0.25, -0.2) is 0 Å². The van der Waals surface area contributed by atoms with E-state index in [-0.39, 0.29) is 0 Å². The average Bonchev–Trinajstić information content (AvgIpc) is 2.65. The van der Waals surface area contributed by atoms with Crippen LogP contribution in [-0.2, 0) is 13.1 Å². The first-order valence-electron chi connectivity index (χ1n) is 9.24. The quantitative estimate of drug-likeness (QED) is 0.486. The zero-order chi connectivity index (χ0) is 18.5. The molecule has 3 nitrogen and oxygen atoms in total. The van der Waals surface area contributed by atoms with E-state index in [1.807, 2.05) is 6.07 Å². The largest absolute Gasteiger partial charge is 0.507 e. The number of rotatable bonds is 6. The lowest BCUT2D eigenvalue weighted by Crippen LogP contribution is -2.44. The highest BCUT2D eigenvalue weighted by Gasteiger charge is 2.24. The summed E-state index contributed by atoms with van der Waals surface area (Å²) >= 11 is 4.55. The lowest BCUT2D eigenvalue weighted by molar-refractivity contribution is 0.103. The highest BCUT2D eigenvalue weighted by Crippen LogP contribution is 2.29. The van der Waals surface area contributed by atoms with Crippen LogP contribution in [0.3, 0.4) is 0 Å². The van der Waals surface area contributed by atoms with E-state index in [4.69, 9.17) is 0 Å². The molecule has 0 radical (unpaired) electrons. The van der Waals surface area contributed by atoms with Gasteiger partial charge in [-0.15, -0.1) is 0 Å². The van der Waals surface area contributed by atoms with Crippen molar-refractivity contribution in [2.45, 2.75) is 38.9 Å². The molecule has 1 N–H and O–H groups in total. The van der Waals surface area contributed by atoms with Crippen molar-refractivity contribution in [1.82, 2.24) is 9.80 Å². The molecule has 0 spiro atoms. The Bertz CT molecular complexity index is 715. The van der Waals surface area contributed by atoms with E-state index in [1.54, 1.807) is 0 Å². The first-order chi connectivity index (χ1) is 12.6. The maximum Gasteiger partial charge on any atom is 0.133 e. The standard InChI is InChI=1S/C21H26I2N2O/c1-2-25(14-16-6-4-3-5-7-16)19-8-10-24(11-9-19)15-17-12-18(22)13-20(23)21(17)26/h3-7,12-13,19,26H,2,8-11,14-15H2,1H3. The topological polar surface area (TPSA) is 26.7 Å². The van der Waals surface area contributed by atoms with Gasteiger partial charge in [0.1, 0.15) is 5.75 Å². The fourth-order valence-corrected chi connectivity index (χ4v) is 5.71. The van der Waals surface area contributed by atoms with Crippen LogP contribution in [0.2, 0.25) is 0 Å². The van der Waals surface area contributed by atoms with Crippen LogP contribution in [0.1, 0.15) is 30.9 Å². The fraction of sp³-hybridized carbons (Fsp3) is 0.429. The minimum Gasteiger partial charge on any atom is -0.507 e. The van der Waals surface area contributed by atoms with Crippen molar-refractivity contribution in [3.63, 3.8) is 0 Å². The third kappa shape index (κ3) is 5.33. The first-order valence-corrected chi connectivity index (χ1v) is 11.4. The van der Waals surface area contributed by atoms with Gasteiger partial charge in [0.15, 0.2) is 0 Å². The summed E-state index contributed by atoms with van der Waals surface area (Å²) in [6.45, 7) is 7.43. The van der Waals surface area contributed by atoms with Crippen molar-refractivity contribution in [3.05, 3.63) is 60.7 Å². The number of hydrogen-bond acceptors (Lipinski definition) is 3. The van der Waals surface area contributed by atoms with Gasteiger partial charge in [-0.2, -0.15) is 0 Å². The predicted molar refractivity (Wildman–Crippen MR) is 124 cm³/mol. The van der Waals surface area contributed by atoms with Crippen molar-refractivity contribution in [2.24, 2.45) is 0 Å². The lowest BCUT2D eigenvalue weighted by Gasteiger charge is -2.38. The molecule has 0 aromatic heterocycles. The molecule has 1 saturated heterocycles. The minimum absolute atomic E-state index is 0.451. The third-order valence-electron chi connectivity index (χ3n) is 5.21. The third-order valence-corrected chi connectivity index (χ3v) is 6.65. The summed E-state index contributed by atoms with van der Waals surface area (Å²) in [5, 5.41) is 10.3. The van der Waals surface area contributed by atoms with E-state index in [2.05, 4.69) is 98.3 Å². The molecular formula is C21H26I2N2O. The molecule has 0 bridgehead atoms. The number of phenols is 1. The van der Waals surface area contributed by atoms with E-state index in [0.717, 1.165) is 41.9 Å². The maximum absolute atomic E-state index is 10.3. The van der Waals surface area contributed by atoms with Crippen molar-refractivity contribution >= 4 is 45.2 Å². The average molecular weight is 576 g/mol. The molecule has 0 saturated carbocycles. The Balaban J connectivity index is 1.57. The minimum atomic E-state index is 0.451. The summed E-state index contributed by atoms with van der Waals surface area (Å²) in [5.41, 5.74) is 2.45. The molecule has 1 aliphatic heterocycles. The summed E-state index contributed by atoms with van der Waals surface area (Å²) < 4.78 is 2.13. The molecule has 1 fully saturated rings. The van der Waals surface area contributed by atoms with Crippen LogP contribution < -0.4 is 0 Å². The van der Waals surface area contributed by atoms with Crippen LogP contribution in [-0.4, -0.2) is 40.6 Å². The lowest BCUT2D eigenvalue weighted by atomic mass is 10.0. The first kappa shape index (κ1) is 20.4. The Morgan fingerprint density at radius 2 is 1.81 bits per heavy atom. The van der Waals surface area contributed by atoms with Gasteiger partial charge in [-0.3, -0.25) is 9.80 Å². The van der Waals surface area contributed by atoms with Crippen LogP contribution >= 0.6 is 45.2 Å². The molecule has 0 atom stereocenters. The number of likely N-dealkylation sites (tertiary alicyclic amines) is 1. The number of aromatic hydroxyl groups is 1. The normalized spacial score (nSPS) is 16.3. The number of benzene rings is 2. The fourth-order valence-electron chi connectivity index (χ4n) is 3.74. The summed E-state index contributed by atoms with van der Waals surface area (Å²) in [6, 6.07) is 15.6. The van der Waals surface area contributed by atoms with Crippen molar-refractivity contribution in [2.75, 3.05) is 19.6 Å². The highest BCUT2D eigenvalue weighted by atomic mass is 127. The van der Waals surface area contributed by atoms with Gasteiger partial charge in [0, 0.05) is 28.3 Å². The Hall–Kier alpha value is -0.380. The van der Waals surface area contributed by atoms with Gasteiger partial charge < -0.3 is 5.11 Å². The highest BCUT2D eigenvalue weighted by molar-refractivity contribution is 14.1. The van der Waals surface area contributed by atoms with E-state index >= 15 is 0 Å². The second-order valence-corrected chi connectivity index (χ2v) is 9.36. The molecule has 0 aliphatic carbocycles. The van der Waals surface area contributed by atoms with Crippen LogP contribution in [0, 0.1) is 7.14 Å². The van der Waals surface area contributed by atoms with Crippen LogP contribution in [0.25, 0.3) is 0 Å². The number of phenolic OH excluding ortho intramolecular Hbond substituents is 1. The van der Waals surface area contributed by atoms with Crippen molar-refractivity contribution < 1.29 is 5.11 Å². The predicted octanol–water partition coefficient (Wildman–Crippen LogP) is 5.09. The SMILES string of the molecule is CCN(Cc1ccccc1)C1CCN(Cc2cc(I)cc(I)c2O)CC1. The molecule has 1 heterocycles. The number of nitrogens with zero attached hydrogens (tertiary/aromatic N) is 2. The second kappa shape index (κ2) is 9.71. The molecule has 5 heteroatoms. The van der Waals surface area contributed by atoms with Crippen LogP contribution in [0.5, 0.6) is 5.75 Å².